The summed E-state index contributed by atoms with van der Waals surface area (Å²) in [5.74, 6) is 0.364. The molecule has 5 rings (SSSR count). The van der Waals surface area contributed by atoms with E-state index in [1.165, 1.54) is 4.88 Å². The number of carbonyl (C=O) groups is 2. The smallest absolute Gasteiger partial charge is 0.270 e. The second kappa shape index (κ2) is 9.89. The fourth-order valence-electron chi connectivity index (χ4n) is 4.35. The molecule has 1 aliphatic rings. The van der Waals surface area contributed by atoms with E-state index in [9.17, 15) is 9.59 Å². The van der Waals surface area contributed by atoms with Crippen molar-refractivity contribution < 1.29 is 9.59 Å². The zero-order chi connectivity index (χ0) is 22.6. The SMILES string of the molecule is O=C(NCCc1cccs1)c1csc(C2CCN(C(=O)Cc3c[nH]c4ccccc34)CC2)n1. The van der Waals surface area contributed by atoms with Gasteiger partial charge in [0.05, 0.1) is 11.4 Å². The van der Waals surface area contributed by atoms with Crippen LogP contribution < -0.4 is 5.32 Å². The quantitative estimate of drug-likeness (QED) is 0.407. The molecule has 0 atom stereocenters. The molecule has 0 spiro atoms. The van der Waals surface area contributed by atoms with Crippen LogP contribution in [0.15, 0.2) is 53.4 Å². The van der Waals surface area contributed by atoms with Gasteiger partial charge in [0.2, 0.25) is 5.91 Å². The monoisotopic (exact) mass is 478 g/mol. The topological polar surface area (TPSA) is 78.1 Å². The van der Waals surface area contributed by atoms with Crippen molar-refractivity contribution in [3.8, 4) is 0 Å². The van der Waals surface area contributed by atoms with Crippen LogP contribution in [0.3, 0.4) is 0 Å². The third-order valence-electron chi connectivity index (χ3n) is 6.21. The summed E-state index contributed by atoms with van der Waals surface area (Å²) in [7, 11) is 0. The van der Waals surface area contributed by atoms with Crippen molar-refractivity contribution in [1.82, 2.24) is 20.2 Å². The van der Waals surface area contributed by atoms with E-state index in [4.69, 9.17) is 0 Å². The Bertz CT molecular complexity index is 1240. The van der Waals surface area contributed by atoms with Gasteiger partial charge in [-0.25, -0.2) is 4.98 Å². The molecule has 4 heterocycles. The van der Waals surface area contributed by atoms with Crippen LogP contribution in [0.5, 0.6) is 0 Å². The number of piperidine rings is 1. The van der Waals surface area contributed by atoms with E-state index < -0.39 is 0 Å². The van der Waals surface area contributed by atoms with E-state index in [0.717, 1.165) is 53.8 Å². The molecular weight excluding hydrogens is 452 g/mol. The minimum absolute atomic E-state index is 0.111. The molecule has 0 radical (unpaired) electrons. The van der Waals surface area contributed by atoms with Gasteiger partial charge in [-0.1, -0.05) is 24.3 Å². The molecule has 2 N–H and O–H groups in total. The van der Waals surface area contributed by atoms with Crippen LogP contribution in [0.2, 0.25) is 0 Å². The predicted molar refractivity (Wildman–Crippen MR) is 133 cm³/mol. The molecule has 170 valence electrons. The number of thiophene rings is 1. The Kier molecular flexibility index (Phi) is 6.55. The number of fused-ring (bicyclic) bond motifs is 1. The summed E-state index contributed by atoms with van der Waals surface area (Å²) in [5, 5.41) is 8.98. The molecule has 1 aromatic carbocycles. The first-order chi connectivity index (χ1) is 16.2. The van der Waals surface area contributed by atoms with Crippen LogP contribution >= 0.6 is 22.7 Å². The molecule has 0 aliphatic carbocycles. The van der Waals surface area contributed by atoms with E-state index in [1.54, 1.807) is 22.7 Å². The van der Waals surface area contributed by atoms with Gasteiger partial charge >= 0.3 is 0 Å². The van der Waals surface area contributed by atoms with Crippen LogP contribution in [0, 0.1) is 0 Å². The number of thiazole rings is 1. The molecule has 1 fully saturated rings. The van der Waals surface area contributed by atoms with Crippen molar-refractivity contribution in [2.75, 3.05) is 19.6 Å². The normalized spacial score (nSPS) is 14.6. The number of aromatic amines is 1. The number of hydrogen-bond acceptors (Lipinski definition) is 5. The minimum atomic E-state index is -0.111. The van der Waals surface area contributed by atoms with Crippen molar-refractivity contribution in [1.29, 1.82) is 0 Å². The second-order valence-electron chi connectivity index (χ2n) is 8.35. The van der Waals surface area contributed by atoms with Crippen molar-refractivity contribution in [3.05, 3.63) is 74.5 Å². The molecule has 4 aromatic rings. The average molecular weight is 479 g/mol. The summed E-state index contributed by atoms with van der Waals surface area (Å²) in [4.78, 5) is 36.4. The summed E-state index contributed by atoms with van der Waals surface area (Å²) in [6, 6.07) is 12.2. The lowest BCUT2D eigenvalue weighted by atomic mass is 9.97. The first-order valence-electron chi connectivity index (χ1n) is 11.3. The number of aromatic nitrogens is 2. The number of nitrogens with zero attached hydrogens (tertiary/aromatic N) is 2. The highest BCUT2D eigenvalue weighted by Gasteiger charge is 2.26. The molecule has 8 heteroatoms. The van der Waals surface area contributed by atoms with Gasteiger partial charge in [0.25, 0.3) is 5.91 Å². The average Bonchev–Trinajstić information content (AvgIpc) is 3.61. The van der Waals surface area contributed by atoms with Gasteiger partial charge in [0, 0.05) is 52.9 Å². The van der Waals surface area contributed by atoms with Gasteiger partial charge in [-0.2, -0.15) is 0 Å². The number of para-hydroxylation sites is 1. The Balaban J connectivity index is 1.11. The fraction of sp³-hybridized carbons (Fsp3) is 0.320. The van der Waals surface area contributed by atoms with Gasteiger partial charge < -0.3 is 15.2 Å². The molecule has 2 amide bonds. The number of amides is 2. The van der Waals surface area contributed by atoms with E-state index in [1.807, 2.05) is 46.1 Å². The zero-order valence-electron chi connectivity index (χ0n) is 18.3. The van der Waals surface area contributed by atoms with Crippen LogP contribution in [-0.2, 0) is 17.6 Å². The molecular formula is C25H26N4O2S2. The van der Waals surface area contributed by atoms with Gasteiger partial charge in [-0.15, -0.1) is 22.7 Å². The first kappa shape index (κ1) is 21.9. The van der Waals surface area contributed by atoms with E-state index in [2.05, 4.69) is 27.4 Å². The van der Waals surface area contributed by atoms with Crippen LogP contribution in [-0.4, -0.2) is 46.3 Å². The zero-order valence-corrected chi connectivity index (χ0v) is 19.9. The van der Waals surface area contributed by atoms with Crippen molar-refractivity contribution >= 4 is 45.4 Å². The summed E-state index contributed by atoms with van der Waals surface area (Å²) in [6.07, 6.45) is 4.96. The van der Waals surface area contributed by atoms with Crippen LogP contribution in [0.25, 0.3) is 10.9 Å². The first-order valence-corrected chi connectivity index (χ1v) is 13.0. The number of rotatable bonds is 7. The number of carbonyl (C=O) groups excluding carboxylic acids is 2. The van der Waals surface area contributed by atoms with Crippen LogP contribution in [0.1, 0.15) is 44.7 Å². The molecule has 3 aromatic heterocycles. The Morgan fingerprint density at radius 1 is 1.12 bits per heavy atom. The van der Waals surface area contributed by atoms with Crippen LogP contribution in [0.4, 0.5) is 0 Å². The maximum atomic E-state index is 12.9. The highest BCUT2D eigenvalue weighted by atomic mass is 32.1. The Labute approximate surface area is 200 Å². The maximum Gasteiger partial charge on any atom is 0.270 e. The number of hydrogen-bond donors (Lipinski definition) is 2. The third kappa shape index (κ3) is 5.02. The van der Waals surface area contributed by atoms with Gasteiger partial charge in [0.1, 0.15) is 5.69 Å². The van der Waals surface area contributed by atoms with Gasteiger partial charge in [0.15, 0.2) is 0 Å². The fourth-order valence-corrected chi connectivity index (χ4v) is 6.03. The number of likely N-dealkylation sites (tertiary alicyclic amines) is 1. The Morgan fingerprint density at radius 3 is 2.79 bits per heavy atom. The number of benzene rings is 1. The summed E-state index contributed by atoms with van der Waals surface area (Å²) < 4.78 is 0. The molecule has 6 nitrogen and oxygen atoms in total. The van der Waals surface area contributed by atoms with E-state index >= 15 is 0 Å². The van der Waals surface area contributed by atoms with Crippen molar-refractivity contribution in [2.45, 2.75) is 31.6 Å². The number of H-pyrrole nitrogens is 1. The Hall–Kier alpha value is -2.97. The molecule has 0 unspecified atom stereocenters. The molecule has 33 heavy (non-hydrogen) atoms. The standard InChI is InChI=1S/C25H26N4O2S2/c30-23(14-18-15-27-21-6-2-1-5-20(18)21)29-11-8-17(9-12-29)25-28-22(16-33-25)24(31)26-10-7-19-4-3-13-32-19/h1-6,13,15-17,27H,7-12,14H2,(H,26,31). The van der Waals surface area contributed by atoms with Gasteiger partial charge in [-0.3, -0.25) is 9.59 Å². The highest BCUT2D eigenvalue weighted by Crippen LogP contribution is 2.31. The van der Waals surface area contributed by atoms with Gasteiger partial charge in [-0.05, 0) is 42.3 Å². The summed E-state index contributed by atoms with van der Waals surface area (Å²) in [5.41, 5.74) is 2.61. The van der Waals surface area contributed by atoms with E-state index in [0.29, 0.717) is 24.6 Å². The summed E-state index contributed by atoms with van der Waals surface area (Å²) >= 11 is 3.26. The largest absolute Gasteiger partial charge is 0.361 e. The summed E-state index contributed by atoms with van der Waals surface area (Å²) in [6.45, 7) is 2.07. The third-order valence-corrected chi connectivity index (χ3v) is 8.15. The molecule has 0 saturated carbocycles. The van der Waals surface area contributed by atoms with Crippen molar-refractivity contribution in [3.63, 3.8) is 0 Å². The predicted octanol–water partition coefficient (Wildman–Crippen LogP) is 4.61. The minimum Gasteiger partial charge on any atom is -0.361 e. The number of nitrogens with one attached hydrogen (secondary N) is 2. The molecule has 1 saturated heterocycles. The lowest BCUT2D eigenvalue weighted by molar-refractivity contribution is -0.131. The lowest BCUT2D eigenvalue weighted by Gasteiger charge is -2.31. The van der Waals surface area contributed by atoms with Crippen molar-refractivity contribution in [2.24, 2.45) is 0 Å². The second-order valence-corrected chi connectivity index (χ2v) is 10.3. The lowest BCUT2D eigenvalue weighted by Crippen LogP contribution is -2.38. The molecule has 1 aliphatic heterocycles. The molecule has 0 bridgehead atoms. The maximum absolute atomic E-state index is 12.9. The van der Waals surface area contributed by atoms with E-state index in [-0.39, 0.29) is 11.8 Å². The Morgan fingerprint density at radius 2 is 1.97 bits per heavy atom. The highest BCUT2D eigenvalue weighted by molar-refractivity contribution is 7.10.